The van der Waals surface area contributed by atoms with Gasteiger partial charge in [-0.2, -0.15) is 0 Å². The predicted octanol–water partition coefficient (Wildman–Crippen LogP) is 2.67. The molecule has 1 fully saturated rings. The zero-order valence-electron chi connectivity index (χ0n) is 9.98. The lowest BCUT2D eigenvalue weighted by Crippen LogP contribution is -2.26. The molecule has 1 aliphatic rings. The van der Waals surface area contributed by atoms with Crippen LogP contribution in [0.5, 0.6) is 0 Å². The third-order valence-electron chi connectivity index (χ3n) is 3.01. The first-order chi connectivity index (χ1) is 7.99. The first-order valence-corrected chi connectivity index (χ1v) is 6.56. The van der Waals surface area contributed by atoms with Crippen molar-refractivity contribution in [3.8, 4) is 0 Å². The molecule has 0 spiro atoms. The number of hydrogen-bond acceptors (Lipinski definition) is 2. The first-order valence-electron chi connectivity index (χ1n) is 5.77. The van der Waals surface area contributed by atoms with Gasteiger partial charge in [0.1, 0.15) is 0 Å². The Kier molecular flexibility index (Phi) is 3.54. The van der Waals surface area contributed by atoms with Crippen molar-refractivity contribution in [3.63, 3.8) is 0 Å². The molecule has 1 aromatic rings. The Labute approximate surface area is 110 Å². The normalized spacial score (nSPS) is 20.4. The Balaban J connectivity index is 2.41. The van der Waals surface area contributed by atoms with Crippen LogP contribution in [0.25, 0.3) is 0 Å². The number of amides is 1. The quantitative estimate of drug-likeness (QED) is 0.912. The summed E-state index contributed by atoms with van der Waals surface area (Å²) in [5.41, 5.74) is 2.05. The van der Waals surface area contributed by atoms with Crippen LogP contribution in [0.2, 0.25) is 0 Å². The summed E-state index contributed by atoms with van der Waals surface area (Å²) < 4.78 is 1.01. The fourth-order valence-corrected chi connectivity index (χ4v) is 2.53. The van der Waals surface area contributed by atoms with Crippen molar-refractivity contribution in [1.29, 1.82) is 0 Å². The number of carbonyl (C=O) groups is 1. The van der Waals surface area contributed by atoms with Gasteiger partial charge in [0.25, 0.3) is 0 Å². The van der Waals surface area contributed by atoms with Crippen LogP contribution in [0.15, 0.2) is 22.7 Å². The van der Waals surface area contributed by atoms with Gasteiger partial charge in [0.05, 0.1) is 19.1 Å². The van der Waals surface area contributed by atoms with E-state index in [4.69, 9.17) is 0 Å². The Bertz CT molecular complexity index is 445. The van der Waals surface area contributed by atoms with E-state index in [-0.39, 0.29) is 12.3 Å². The zero-order chi connectivity index (χ0) is 12.6. The van der Waals surface area contributed by atoms with Crippen LogP contribution in [-0.4, -0.2) is 23.7 Å². The third-order valence-corrected chi connectivity index (χ3v) is 3.50. The number of aliphatic hydroxyl groups excluding tert-OH is 1. The molecule has 0 saturated carbocycles. The third kappa shape index (κ3) is 2.53. The highest BCUT2D eigenvalue weighted by Crippen LogP contribution is 2.32. The molecule has 0 bridgehead atoms. The lowest BCUT2D eigenvalue weighted by molar-refractivity contribution is -0.117. The van der Waals surface area contributed by atoms with E-state index in [1.54, 1.807) is 4.90 Å². The number of nitrogens with zero attached hydrogens (tertiary/aromatic N) is 1. The summed E-state index contributed by atoms with van der Waals surface area (Å²) >= 11 is 3.45. The van der Waals surface area contributed by atoms with Crippen LogP contribution >= 0.6 is 15.9 Å². The highest BCUT2D eigenvalue weighted by atomic mass is 79.9. The van der Waals surface area contributed by atoms with Gasteiger partial charge in [-0.1, -0.05) is 29.8 Å². The lowest BCUT2D eigenvalue weighted by Gasteiger charge is -2.22. The Morgan fingerprint density at radius 2 is 2.18 bits per heavy atom. The van der Waals surface area contributed by atoms with Crippen molar-refractivity contribution in [3.05, 3.63) is 28.2 Å². The van der Waals surface area contributed by atoms with Gasteiger partial charge >= 0.3 is 0 Å². The summed E-state index contributed by atoms with van der Waals surface area (Å²) in [5.74, 6) is 0.342. The van der Waals surface area contributed by atoms with Crippen molar-refractivity contribution >= 4 is 27.5 Å². The van der Waals surface area contributed by atoms with E-state index in [1.165, 1.54) is 0 Å². The molecule has 2 rings (SSSR count). The molecule has 0 aromatic heterocycles. The van der Waals surface area contributed by atoms with Gasteiger partial charge < -0.3 is 10.0 Å². The standard InChI is InChI=1S/C13H16BrNO2/c1-8(2)11-5-9(14)3-4-12(11)15-7-10(16)6-13(15)17/h3-5,8,10,16H,6-7H2,1-2H3. The molecule has 4 heteroatoms. The summed E-state index contributed by atoms with van der Waals surface area (Å²) in [6, 6.07) is 5.91. The molecule has 1 aromatic carbocycles. The summed E-state index contributed by atoms with van der Waals surface area (Å²) in [6.45, 7) is 4.60. The van der Waals surface area contributed by atoms with Gasteiger partial charge in [0.2, 0.25) is 5.91 Å². The minimum atomic E-state index is -0.536. The molecule has 1 amide bonds. The average molecular weight is 298 g/mol. The monoisotopic (exact) mass is 297 g/mol. The number of anilines is 1. The average Bonchev–Trinajstić information content (AvgIpc) is 2.57. The molecule has 92 valence electrons. The van der Waals surface area contributed by atoms with Crippen molar-refractivity contribution in [2.75, 3.05) is 11.4 Å². The first kappa shape index (κ1) is 12.6. The SMILES string of the molecule is CC(C)c1cc(Br)ccc1N1CC(O)CC1=O. The van der Waals surface area contributed by atoms with Gasteiger partial charge in [-0.15, -0.1) is 0 Å². The minimum absolute atomic E-state index is 0.00159. The molecule has 1 aliphatic heterocycles. The van der Waals surface area contributed by atoms with Gasteiger partial charge in [0, 0.05) is 10.2 Å². The molecule has 1 unspecified atom stereocenters. The molecule has 1 N–H and O–H groups in total. The molecule has 1 heterocycles. The fourth-order valence-electron chi connectivity index (χ4n) is 2.16. The number of hydrogen-bond donors (Lipinski definition) is 1. The summed E-state index contributed by atoms with van der Waals surface area (Å²) in [5, 5.41) is 9.54. The van der Waals surface area contributed by atoms with E-state index in [0.29, 0.717) is 12.5 Å². The number of carbonyl (C=O) groups excluding carboxylic acids is 1. The van der Waals surface area contributed by atoms with E-state index in [2.05, 4.69) is 29.8 Å². The highest BCUT2D eigenvalue weighted by Gasteiger charge is 2.30. The van der Waals surface area contributed by atoms with E-state index in [9.17, 15) is 9.90 Å². The largest absolute Gasteiger partial charge is 0.391 e. The lowest BCUT2D eigenvalue weighted by atomic mass is 10.0. The fraction of sp³-hybridized carbons (Fsp3) is 0.462. The molecule has 17 heavy (non-hydrogen) atoms. The second-order valence-electron chi connectivity index (χ2n) is 4.72. The number of β-amino-alcohol motifs (C(OH)–C–C–N with tert-alkyl or cyclic N) is 1. The Morgan fingerprint density at radius 3 is 2.71 bits per heavy atom. The number of rotatable bonds is 2. The van der Waals surface area contributed by atoms with Gasteiger partial charge in [-0.05, 0) is 29.7 Å². The predicted molar refractivity (Wildman–Crippen MR) is 71.2 cm³/mol. The molecule has 1 saturated heterocycles. The Hall–Kier alpha value is -0.870. The maximum absolute atomic E-state index is 11.8. The van der Waals surface area contributed by atoms with Crippen LogP contribution in [0, 0.1) is 0 Å². The molecule has 0 radical (unpaired) electrons. The van der Waals surface area contributed by atoms with E-state index < -0.39 is 6.10 Å². The van der Waals surface area contributed by atoms with E-state index in [1.807, 2.05) is 18.2 Å². The second kappa shape index (κ2) is 4.78. The van der Waals surface area contributed by atoms with Crippen LogP contribution in [0.4, 0.5) is 5.69 Å². The molecule has 0 aliphatic carbocycles. The summed E-state index contributed by atoms with van der Waals surface area (Å²) in [4.78, 5) is 13.5. The van der Waals surface area contributed by atoms with Crippen molar-refractivity contribution in [2.45, 2.75) is 32.3 Å². The highest BCUT2D eigenvalue weighted by molar-refractivity contribution is 9.10. The topological polar surface area (TPSA) is 40.5 Å². The maximum atomic E-state index is 11.8. The van der Waals surface area contributed by atoms with E-state index in [0.717, 1.165) is 15.7 Å². The molecular formula is C13H16BrNO2. The Morgan fingerprint density at radius 1 is 1.47 bits per heavy atom. The summed E-state index contributed by atoms with van der Waals surface area (Å²) in [7, 11) is 0. The van der Waals surface area contributed by atoms with Gasteiger partial charge in [0.15, 0.2) is 0 Å². The second-order valence-corrected chi connectivity index (χ2v) is 5.64. The van der Waals surface area contributed by atoms with Crippen molar-refractivity contribution in [2.24, 2.45) is 0 Å². The minimum Gasteiger partial charge on any atom is -0.391 e. The van der Waals surface area contributed by atoms with Crippen molar-refractivity contribution < 1.29 is 9.90 Å². The zero-order valence-corrected chi connectivity index (χ0v) is 11.6. The van der Waals surface area contributed by atoms with Gasteiger partial charge in [-0.25, -0.2) is 0 Å². The van der Waals surface area contributed by atoms with Gasteiger partial charge in [-0.3, -0.25) is 4.79 Å². The number of aliphatic hydroxyl groups is 1. The van der Waals surface area contributed by atoms with Crippen LogP contribution in [-0.2, 0) is 4.79 Å². The summed E-state index contributed by atoms with van der Waals surface area (Å²) in [6.07, 6.45) is -0.306. The smallest absolute Gasteiger partial charge is 0.229 e. The van der Waals surface area contributed by atoms with Crippen LogP contribution in [0.3, 0.4) is 0 Å². The van der Waals surface area contributed by atoms with Crippen LogP contribution < -0.4 is 4.90 Å². The number of halogens is 1. The molecule has 1 atom stereocenters. The maximum Gasteiger partial charge on any atom is 0.229 e. The van der Waals surface area contributed by atoms with E-state index >= 15 is 0 Å². The molecule has 3 nitrogen and oxygen atoms in total. The van der Waals surface area contributed by atoms with Crippen molar-refractivity contribution in [1.82, 2.24) is 0 Å². The van der Waals surface area contributed by atoms with Crippen LogP contribution in [0.1, 0.15) is 31.7 Å². The number of benzene rings is 1. The molecular weight excluding hydrogens is 282 g/mol.